The molecule has 0 saturated carbocycles. The first-order valence-electron chi connectivity index (χ1n) is 4.53. The Morgan fingerprint density at radius 2 is 1.72 bits per heavy atom. The lowest BCUT2D eigenvalue weighted by Gasteiger charge is -2.08. The molecule has 0 aliphatic heterocycles. The largest absolute Gasteiger partial charge is 0.288 e. The van der Waals surface area contributed by atoms with Gasteiger partial charge in [-0.2, -0.15) is 0 Å². The summed E-state index contributed by atoms with van der Waals surface area (Å²) in [5.74, 6) is -0.261. The second-order valence-corrected chi connectivity index (χ2v) is 7.69. The average Bonchev–Trinajstić information content (AvgIpc) is 2.73. The van der Waals surface area contributed by atoms with Crippen molar-refractivity contribution in [1.82, 2.24) is 0 Å². The fraction of sp³-hybridized carbons (Fsp3) is 0. The fourth-order valence-electron chi connectivity index (χ4n) is 1.35. The second kappa shape index (κ2) is 5.85. The lowest BCUT2D eigenvalue weighted by atomic mass is 10.1. The van der Waals surface area contributed by atoms with Gasteiger partial charge in [0.2, 0.25) is 0 Å². The Balaban J connectivity index is 2.58. The summed E-state index contributed by atoms with van der Waals surface area (Å²) in [6.45, 7) is 0. The van der Waals surface area contributed by atoms with Gasteiger partial charge >= 0.3 is 0 Å². The first-order valence-corrected chi connectivity index (χ1v) is 8.00. The molecule has 0 fully saturated rings. The lowest BCUT2D eigenvalue weighted by molar-refractivity contribution is 0.103. The Morgan fingerprint density at radius 3 is 2.28 bits per heavy atom. The molecule has 0 radical (unpaired) electrons. The molecule has 0 N–H and O–H groups in total. The van der Waals surface area contributed by atoms with Crippen molar-refractivity contribution in [2.24, 2.45) is 0 Å². The molecule has 1 aromatic carbocycles. The minimum Gasteiger partial charge on any atom is -0.288 e. The van der Waals surface area contributed by atoms with Crippen LogP contribution in [0.3, 0.4) is 0 Å². The molecule has 0 saturated heterocycles. The Bertz CT molecular complexity index is 638. The van der Waals surface area contributed by atoms with Crippen LogP contribution in [0.4, 0.5) is 0 Å². The van der Waals surface area contributed by atoms with Crippen molar-refractivity contribution in [1.29, 1.82) is 0 Å². The number of halogens is 5. The van der Waals surface area contributed by atoms with E-state index in [0.717, 1.165) is 2.88 Å². The maximum Gasteiger partial charge on any atom is 0.196 e. The molecule has 0 spiro atoms. The molecular weight excluding hydrogens is 449 g/mol. The summed E-state index contributed by atoms with van der Waals surface area (Å²) in [6.07, 6.45) is 0. The number of hydrogen-bond acceptors (Lipinski definition) is 2. The fourth-order valence-corrected chi connectivity index (χ4v) is 3.76. The van der Waals surface area contributed by atoms with E-state index in [2.05, 4.69) is 22.6 Å². The SMILES string of the molecule is O=C(c1csc(I)c1)c1c(Cl)cc(Cl)c(Cl)c1Cl. The molecular formula is C11H3Cl4IOS. The molecule has 94 valence electrons. The van der Waals surface area contributed by atoms with Crippen LogP contribution in [0, 0.1) is 2.88 Å². The van der Waals surface area contributed by atoms with Crippen LogP contribution in [-0.2, 0) is 0 Å². The maximum atomic E-state index is 12.3. The van der Waals surface area contributed by atoms with Crippen LogP contribution in [0.15, 0.2) is 17.5 Å². The van der Waals surface area contributed by atoms with Crippen LogP contribution in [0.5, 0.6) is 0 Å². The Labute approximate surface area is 141 Å². The van der Waals surface area contributed by atoms with Gasteiger partial charge in [-0.05, 0) is 34.7 Å². The summed E-state index contributed by atoms with van der Waals surface area (Å²) >= 11 is 27.4. The molecule has 0 bridgehead atoms. The topological polar surface area (TPSA) is 17.1 Å². The number of carbonyl (C=O) groups excluding carboxylic acids is 1. The summed E-state index contributed by atoms with van der Waals surface area (Å²) in [5.41, 5.74) is 0.716. The van der Waals surface area contributed by atoms with E-state index in [1.807, 2.05) is 0 Å². The molecule has 2 rings (SSSR count). The first-order chi connectivity index (χ1) is 8.41. The van der Waals surface area contributed by atoms with Crippen LogP contribution in [-0.4, -0.2) is 5.78 Å². The Hall–Kier alpha value is 0.480. The van der Waals surface area contributed by atoms with Crippen molar-refractivity contribution >= 4 is 86.1 Å². The third-order valence-corrected chi connectivity index (χ3v) is 5.52. The van der Waals surface area contributed by atoms with E-state index in [4.69, 9.17) is 46.4 Å². The number of rotatable bonds is 2. The molecule has 7 heteroatoms. The third-order valence-electron chi connectivity index (χ3n) is 2.17. The Morgan fingerprint density at radius 1 is 1.06 bits per heavy atom. The predicted octanol–water partition coefficient (Wildman–Crippen LogP) is 6.20. The van der Waals surface area contributed by atoms with E-state index in [1.165, 1.54) is 17.4 Å². The van der Waals surface area contributed by atoms with Crippen molar-refractivity contribution in [3.8, 4) is 0 Å². The average molecular weight is 452 g/mol. The highest BCUT2D eigenvalue weighted by Crippen LogP contribution is 2.38. The third kappa shape index (κ3) is 2.81. The molecule has 1 aromatic heterocycles. The zero-order valence-corrected chi connectivity index (χ0v) is 14.4. The van der Waals surface area contributed by atoms with Crippen molar-refractivity contribution in [3.63, 3.8) is 0 Å². The second-order valence-electron chi connectivity index (χ2n) is 3.31. The van der Waals surface area contributed by atoms with Gasteiger partial charge in [0.25, 0.3) is 0 Å². The van der Waals surface area contributed by atoms with Crippen LogP contribution in [0.25, 0.3) is 0 Å². The molecule has 0 amide bonds. The van der Waals surface area contributed by atoms with E-state index in [0.29, 0.717) is 5.56 Å². The molecule has 1 nitrogen and oxygen atoms in total. The zero-order valence-electron chi connectivity index (χ0n) is 8.44. The van der Waals surface area contributed by atoms with E-state index in [-0.39, 0.29) is 31.4 Å². The van der Waals surface area contributed by atoms with Crippen LogP contribution >= 0.6 is 80.3 Å². The smallest absolute Gasteiger partial charge is 0.196 e. The summed E-state index contributed by atoms with van der Waals surface area (Å²) < 4.78 is 1.00. The van der Waals surface area contributed by atoms with Crippen molar-refractivity contribution in [2.45, 2.75) is 0 Å². The Kier molecular flexibility index (Phi) is 4.84. The van der Waals surface area contributed by atoms with Gasteiger partial charge in [0.1, 0.15) is 0 Å². The summed E-state index contributed by atoms with van der Waals surface area (Å²) in [5, 5.41) is 2.39. The highest BCUT2D eigenvalue weighted by Gasteiger charge is 2.21. The normalized spacial score (nSPS) is 10.7. The molecule has 0 aliphatic carbocycles. The molecule has 0 aliphatic rings. The van der Waals surface area contributed by atoms with Gasteiger partial charge in [-0.1, -0.05) is 46.4 Å². The van der Waals surface area contributed by atoms with Gasteiger partial charge < -0.3 is 0 Å². The number of hydrogen-bond donors (Lipinski definition) is 0. The van der Waals surface area contributed by atoms with E-state index in [9.17, 15) is 4.79 Å². The van der Waals surface area contributed by atoms with Gasteiger partial charge in [0, 0.05) is 10.9 Å². The minimum atomic E-state index is -0.261. The van der Waals surface area contributed by atoms with E-state index >= 15 is 0 Å². The minimum absolute atomic E-state index is 0.0837. The number of ketones is 1. The summed E-state index contributed by atoms with van der Waals surface area (Å²) in [4.78, 5) is 12.3. The van der Waals surface area contributed by atoms with E-state index < -0.39 is 0 Å². The van der Waals surface area contributed by atoms with Gasteiger partial charge in [0.05, 0.1) is 28.5 Å². The van der Waals surface area contributed by atoms with Gasteiger partial charge in [-0.3, -0.25) is 4.79 Å². The highest BCUT2D eigenvalue weighted by atomic mass is 127. The van der Waals surface area contributed by atoms with Crippen LogP contribution in [0.1, 0.15) is 15.9 Å². The maximum absolute atomic E-state index is 12.3. The first kappa shape index (κ1) is 14.9. The van der Waals surface area contributed by atoms with Crippen LogP contribution < -0.4 is 0 Å². The molecule has 2 aromatic rings. The molecule has 18 heavy (non-hydrogen) atoms. The summed E-state index contributed by atoms with van der Waals surface area (Å²) in [7, 11) is 0. The predicted molar refractivity (Wildman–Crippen MR) is 87.0 cm³/mol. The van der Waals surface area contributed by atoms with Gasteiger partial charge in [-0.25, -0.2) is 0 Å². The highest BCUT2D eigenvalue weighted by molar-refractivity contribution is 14.1. The number of benzene rings is 1. The quantitative estimate of drug-likeness (QED) is 0.230. The van der Waals surface area contributed by atoms with Gasteiger partial charge in [0.15, 0.2) is 5.78 Å². The molecule has 0 atom stereocenters. The van der Waals surface area contributed by atoms with Gasteiger partial charge in [-0.15, -0.1) is 11.3 Å². The van der Waals surface area contributed by atoms with E-state index in [1.54, 1.807) is 11.4 Å². The van der Waals surface area contributed by atoms with Crippen molar-refractivity contribution in [2.75, 3.05) is 0 Å². The standard InChI is InChI=1S/C11H3Cl4IOS/c12-5-2-6(13)9(14)10(15)8(5)11(17)4-1-7(16)18-3-4/h1-3H. The summed E-state index contributed by atoms with van der Waals surface area (Å²) in [6, 6.07) is 3.19. The van der Waals surface area contributed by atoms with Crippen LogP contribution in [0.2, 0.25) is 20.1 Å². The number of carbonyl (C=O) groups is 1. The number of thiophene rings is 1. The zero-order chi connectivity index (χ0) is 13.4. The molecule has 1 heterocycles. The molecule has 0 unspecified atom stereocenters. The monoisotopic (exact) mass is 450 g/mol. The lowest BCUT2D eigenvalue weighted by Crippen LogP contribution is -2.02. The van der Waals surface area contributed by atoms with Crippen molar-refractivity contribution < 1.29 is 4.79 Å². The van der Waals surface area contributed by atoms with Crippen molar-refractivity contribution in [3.05, 3.63) is 51.6 Å².